The molecule has 0 unspecified atom stereocenters. The highest BCUT2D eigenvalue weighted by molar-refractivity contribution is 6.23. The molecule has 2 bridgehead atoms. The quantitative estimate of drug-likeness (QED) is 0.668. The minimum Gasteiger partial charge on any atom is -0.277 e. The zero-order valence-corrected chi connectivity index (χ0v) is 14.9. The molecule has 1 aliphatic heterocycles. The summed E-state index contributed by atoms with van der Waals surface area (Å²) in [5.41, 5.74) is 1.80. The van der Waals surface area contributed by atoms with Crippen LogP contribution in [-0.4, -0.2) is 35.0 Å². The Morgan fingerprint density at radius 2 is 2.00 bits per heavy atom. The molecule has 6 heteroatoms. The highest BCUT2D eigenvalue weighted by atomic mass is 16.2. The Morgan fingerprint density at radius 1 is 1.19 bits per heavy atom. The molecule has 0 spiro atoms. The number of carbonyl (C=O) groups excluding carboxylic acids is 3. The molecule has 4 rings (SSSR count). The van der Waals surface area contributed by atoms with E-state index < -0.39 is 23.8 Å². The minimum atomic E-state index is -1.04. The molecule has 136 valence electrons. The first-order chi connectivity index (χ1) is 12.6. The molecule has 2 aliphatic carbocycles. The van der Waals surface area contributed by atoms with Crippen LogP contribution < -0.4 is 5.32 Å². The van der Waals surface area contributed by atoms with Gasteiger partial charge in [-0.1, -0.05) is 31.5 Å². The van der Waals surface area contributed by atoms with E-state index in [9.17, 15) is 14.4 Å². The number of amides is 4. The summed E-state index contributed by atoms with van der Waals surface area (Å²) in [7, 11) is 0. The first kappa shape index (κ1) is 16.9. The molecule has 1 aromatic carbocycles. The van der Waals surface area contributed by atoms with Crippen LogP contribution >= 0.6 is 0 Å². The van der Waals surface area contributed by atoms with Gasteiger partial charge in [-0.25, -0.2) is 4.79 Å². The van der Waals surface area contributed by atoms with Crippen LogP contribution in [0.25, 0.3) is 0 Å². The van der Waals surface area contributed by atoms with E-state index in [0.717, 1.165) is 36.9 Å². The predicted octanol–water partition coefficient (Wildman–Crippen LogP) is 2.83. The van der Waals surface area contributed by atoms with Gasteiger partial charge in [-0.3, -0.25) is 24.8 Å². The van der Waals surface area contributed by atoms with Gasteiger partial charge in [0.05, 0.1) is 5.69 Å². The lowest BCUT2D eigenvalue weighted by Gasteiger charge is -2.36. The molecule has 1 heterocycles. The molecule has 6 nitrogen and oxygen atoms in total. The first-order valence-corrected chi connectivity index (χ1v) is 9.38. The summed E-state index contributed by atoms with van der Waals surface area (Å²) in [6, 6.07) is 7.00. The van der Waals surface area contributed by atoms with Crippen molar-refractivity contribution in [3.05, 3.63) is 29.8 Å². The lowest BCUT2D eigenvalue weighted by atomic mass is 9.92. The summed E-state index contributed by atoms with van der Waals surface area (Å²) in [6.45, 7) is 2.03. The second-order valence-corrected chi connectivity index (χ2v) is 7.48. The number of barbiturate groups is 1. The number of para-hydroxylation sites is 1. The fourth-order valence-electron chi connectivity index (χ4n) is 4.67. The first-order valence-electron chi connectivity index (χ1n) is 9.38. The van der Waals surface area contributed by atoms with Gasteiger partial charge in [0.15, 0.2) is 5.92 Å². The van der Waals surface area contributed by atoms with Gasteiger partial charge in [0, 0.05) is 12.3 Å². The maximum absolute atomic E-state index is 12.9. The number of hydrogen-bond donors (Lipinski definition) is 1. The van der Waals surface area contributed by atoms with Crippen molar-refractivity contribution in [2.75, 3.05) is 0 Å². The average Bonchev–Trinajstić information content (AvgIpc) is 3.25. The van der Waals surface area contributed by atoms with E-state index in [-0.39, 0.29) is 6.04 Å². The van der Waals surface area contributed by atoms with Crippen LogP contribution in [0, 0.1) is 17.8 Å². The van der Waals surface area contributed by atoms with Crippen molar-refractivity contribution < 1.29 is 14.4 Å². The van der Waals surface area contributed by atoms with Crippen LogP contribution in [0.2, 0.25) is 0 Å². The number of urea groups is 1. The standard InChI is InChI=1S/C20H23N3O3/c1-2-13-5-3-4-6-16(13)21-11-15-18(24)22-20(26)23(19(15)25)17-10-12-7-8-14(17)9-12/h3-6,11-12,14-15,17H,2,7-10H2,1H3,(H,22,24,26)/t12-,14-,15-,17-/m0/s1. The van der Waals surface area contributed by atoms with Crippen molar-refractivity contribution in [3.63, 3.8) is 0 Å². The minimum absolute atomic E-state index is 0.0758. The van der Waals surface area contributed by atoms with Gasteiger partial charge in [0.25, 0.3) is 0 Å². The Kier molecular flexibility index (Phi) is 4.34. The zero-order valence-electron chi connectivity index (χ0n) is 14.9. The Balaban J connectivity index is 1.57. The normalized spacial score (nSPS) is 31.1. The second-order valence-electron chi connectivity index (χ2n) is 7.48. The molecule has 0 radical (unpaired) electrons. The molecule has 1 N–H and O–H groups in total. The second kappa shape index (κ2) is 6.67. The number of carbonyl (C=O) groups is 3. The van der Waals surface area contributed by atoms with E-state index in [1.165, 1.54) is 17.5 Å². The number of rotatable bonds is 4. The smallest absolute Gasteiger partial charge is 0.277 e. The fourth-order valence-corrected chi connectivity index (χ4v) is 4.67. The van der Waals surface area contributed by atoms with Crippen molar-refractivity contribution in [3.8, 4) is 0 Å². The van der Waals surface area contributed by atoms with Gasteiger partial charge in [0.1, 0.15) is 0 Å². The van der Waals surface area contributed by atoms with Gasteiger partial charge >= 0.3 is 6.03 Å². The molecule has 4 amide bonds. The van der Waals surface area contributed by atoms with Crippen LogP contribution in [0.3, 0.4) is 0 Å². The van der Waals surface area contributed by atoms with E-state index in [4.69, 9.17) is 0 Å². The Hall–Kier alpha value is -2.50. The van der Waals surface area contributed by atoms with Gasteiger partial charge < -0.3 is 0 Å². The molecule has 3 fully saturated rings. The molecule has 3 aliphatic rings. The Labute approximate surface area is 152 Å². The summed E-state index contributed by atoms with van der Waals surface area (Å²) in [6.07, 6.45) is 6.39. The summed E-state index contributed by atoms with van der Waals surface area (Å²) < 4.78 is 0. The summed E-state index contributed by atoms with van der Waals surface area (Å²) in [5.74, 6) is -1.09. The van der Waals surface area contributed by atoms with E-state index in [0.29, 0.717) is 11.8 Å². The van der Waals surface area contributed by atoms with Crippen LogP contribution in [0.4, 0.5) is 10.5 Å². The number of fused-ring (bicyclic) bond motifs is 2. The number of hydrogen-bond acceptors (Lipinski definition) is 4. The molecular formula is C20H23N3O3. The van der Waals surface area contributed by atoms with E-state index in [1.807, 2.05) is 31.2 Å². The lowest BCUT2D eigenvalue weighted by molar-refractivity contribution is -0.141. The monoisotopic (exact) mass is 353 g/mol. The van der Waals surface area contributed by atoms with Crippen LogP contribution in [0.15, 0.2) is 29.3 Å². The van der Waals surface area contributed by atoms with Crippen molar-refractivity contribution >= 4 is 29.7 Å². The highest BCUT2D eigenvalue weighted by Gasteiger charge is 2.50. The number of aliphatic imine (C=N–C) groups is 1. The van der Waals surface area contributed by atoms with Crippen molar-refractivity contribution in [1.29, 1.82) is 0 Å². The average molecular weight is 353 g/mol. The predicted molar refractivity (Wildman–Crippen MR) is 97.1 cm³/mol. The highest BCUT2D eigenvalue weighted by Crippen LogP contribution is 2.47. The Bertz CT molecular complexity index is 788. The van der Waals surface area contributed by atoms with Gasteiger partial charge in [-0.15, -0.1) is 0 Å². The molecule has 0 aromatic heterocycles. The van der Waals surface area contributed by atoms with Crippen LogP contribution in [-0.2, 0) is 16.0 Å². The maximum atomic E-state index is 12.9. The number of benzene rings is 1. The maximum Gasteiger partial charge on any atom is 0.331 e. The van der Waals surface area contributed by atoms with Crippen molar-refractivity contribution in [2.24, 2.45) is 22.7 Å². The van der Waals surface area contributed by atoms with Gasteiger partial charge in [-0.2, -0.15) is 0 Å². The Morgan fingerprint density at radius 3 is 2.69 bits per heavy atom. The third-order valence-corrected chi connectivity index (χ3v) is 6.00. The largest absolute Gasteiger partial charge is 0.331 e. The summed E-state index contributed by atoms with van der Waals surface area (Å²) >= 11 is 0. The van der Waals surface area contributed by atoms with Gasteiger partial charge in [-0.05, 0) is 49.1 Å². The third-order valence-electron chi connectivity index (χ3n) is 6.00. The number of nitrogens with zero attached hydrogens (tertiary/aromatic N) is 2. The van der Waals surface area contributed by atoms with Crippen LogP contribution in [0.1, 0.15) is 38.2 Å². The number of imide groups is 2. The molecule has 1 aromatic rings. The van der Waals surface area contributed by atoms with Crippen molar-refractivity contribution in [1.82, 2.24) is 10.2 Å². The summed E-state index contributed by atoms with van der Waals surface area (Å²) in [5, 5.41) is 2.35. The van der Waals surface area contributed by atoms with E-state index in [1.54, 1.807) is 0 Å². The SMILES string of the molecule is CCc1ccccc1N=C[C@H]1C(=O)NC(=O)N([C@H]2C[C@H]3CC[C@H]2C3)C1=O. The van der Waals surface area contributed by atoms with E-state index >= 15 is 0 Å². The molecule has 1 saturated heterocycles. The molecule has 4 atom stereocenters. The molecule has 26 heavy (non-hydrogen) atoms. The number of nitrogens with one attached hydrogen (secondary N) is 1. The third kappa shape index (κ3) is 2.83. The van der Waals surface area contributed by atoms with E-state index in [2.05, 4.69) is 10.3 Å². The van der Waals surface area contributed by atoms with Crippen LogP contribution in [0.5, 0.6) is 0 Å². The van der Waals surface area contributed by atoms with Crippen molar-refractivity contribution in [2.45, 2.75) is 45.1 Å². The number of aryl methyl sites for hydroxylation is 1. The fraction of sp³-hybridized carbons (Fsp3) is 0.500. The summed E-state index contributed by atoms with van der Waals surface area (Å²) in [4.78, 5) is 43.2. The molecular weight excluding hydrogens is 330 g/mol. The van der Waals surface area contributed by atoms with Gasteiger partial charge in [0.2, 0.25) is 11.8 Å². The lowest BCUT2D eigenvalue weighted by Crippen LogP contribution is -2.62. The molecule has 2 saturated carbocycles. The zero-order chi connectivity index (χ0) is 18.3. The topological polar surface area (TPSA) is 78.8 Å².